The van der Waals surface area contributed by atoms with Crippen LogP contribution in [0.25, 0.3) is 16.7 Å². The van der Waals surface area contributed by atoms with Crippen molar-refractivity contribution >= 4 is 22.4 Å². The molecule has 0 unspecified atom stereocenters. The van der Waals surface area contributed by atoms with Gasteiger partial charge in [0.2, 0.25) is 0 Å². The van der Waals surface area contributed by atoms with Crippen LogP contribution >= 0.6 is 11.3 Å². The Morgan fingerprint density at radius 3 is 2.53 bits per heavy atom. The second-order valence-electron chi connectivity index (χ2n) is 4.02. The van der Waals surface area contributed by atoms with E-state index in [9.17, 15) is 0 Å². The minimum absolute atomic E-state index is 0.0288. The van der Waals surface area contributed by atoms with Crippen LogP contribution in [-0.4, -0.2) is 14.1 Å². The van der Waals surface area contributed by atoms with Crippen LogP contribution in [0.4, 0.5) is 5.00 Å². The summed E-state index contributed by atoms with van der Waals surface area (Å²) in [6.45, 7) is 0. The number of furan rings is 1. The number of thiophene rings is 1. The number of allylic oxidation sites excluding steroid dienone is 1. The van der Waals surface area contributed by atoms with Crippen molar-refractivity contribution in [1.82, 2.24) is 0 Å². The van der Waals surface area contributed by atoms with E-state index in [0.29, 0.717) is 5.76 Å². The van der Waals surface area contributed by atoms with Gasteiger partial charge in [0.25, 0.3) is 0 Å². The molecule has 0 bridgehead atoms. The number of anilines is 1. The molecule has 0 aromatic carbocycles. The van der Waals surface area contributed by atoms with Crippen LogP contribution < -0.4 is 4.90 Å². The van der Waals surface area contributed by atoms with Crippen LogP contribution in [0.2, 0.25) is 0 Å². The number of nitriles is 2. The molecule has 0 saturated heterocycles. The Kier molecular flexibility index (Phi) is 3.70. The quantitative estimate of drug-likeness (QED) is 0.800. The maximum absolute atomic E-state index is 8.69. The average Bonchev–Trinajstić information content (AvgIpc) is 3.04. The van der Waals surface area contributed by atoms with E-state index >= 15 is 0 Å². The standard InChI is InChI=1S/C14H11N3OS/c1-17(2)14-6-5-13(19-14)12-4-3-11(18-12)7-10(8-15)9-16/h3-7H,1-2H3. The Labute approximate surface area is 115 Å². The van der Waals surface area contributed by atoms with E-state index in [2.05, 4.69) is 0 Å². The topological polar surface area (TPSA) is 64.0 Å². The number of hydrogen-bond donors (Lipinski definition) is 0. The minimum atomic E-state index is 0.0288. The highest BCUT2D eigenvalue weighted by atomic mass is 32.1. The number of nitrogens with zero attached hydrogens (tertiary/aromatic N) is 3. The fourth-order valence-corrected chi connectivity index (χ4v) is 2.39. The highest BCUT2D eigenvalue weighted by Gasteiger charge is 2.08. The van der Waals surface area contributed by atoms with Gasteiger partial charge >= 0.3 is 0 Å². The summed E-state index contributed by atoms with van der Waals surface area (Å²) >= 11 is 1.62. The summed E-state index contributed by atoms with van der Waals surface area (Å²) in [5.74, 6) is 1.24. The van der Waals surface area contributed by atoms with E-state index in [1.807, 2.05) is 37.2 Å². The number of rotatable bonds is 3. The predicted molar refractivity (Wildman–Crippen MR) is 75.6 cm³/mol. The van der Waals surface area contributed by atoms with Gasteiger partial charge in [-0.15, -0.1) is 11.3 Å². The Hall–Kier alpha value is -2.50. The number of hydrogen-bond acceptors (Lipinski definition) is 5. The Balaban J connectivity index is 2.29. The van der Waals surface area contributed by atoms with Crippen molar-refractivity contribution in [3.8, 4) is 22.8 Å². The molecule has 2 aromatic heterocycles. The lowest BCUT2D eigenvalue weighted by Gasteiger charge is -2.06. The first-order chi connectivity index (χ1) is 9.13. The predicted octanol–water partition coefficient (Wildman–Crippen LogP) is 3.50. The SMILES string of the molecule is CN(C)c1ccc(-c2ccc(C=C(C#N)C#N)o2)s1. The summed E-state index contributed by atoms with van der Waals surface area (Å²) < 4.78 is 5.61. The molecule has 0 saturated carbocycles. The van der Waals surface area contributed by atoms with E-state index in [1.54, 1.807) is 29.5 Å². The van der Waals surface area contributed by atoms with Gasteiger partial charge < -0.3 is 9.32 Å². The third-order valence-corrected chi connectivity index (χ3v) is 3.70. The highest BCUT2D eigenvalue weighted by Crippen LogP contribution is 2.33. The maximum atomic E-state index is 8.69. The van der Waals surface area contributed by atoms with E-state index in [4.69, 9.17) is 14.9 Å². The molecule has 94 valence electrons. The molecule has 5 heteroatoms. The first-order valence-electron chi connectivity index (χ1n) is 5.53. The van der Waals surface area contributed by atoms with Crippen LogP contribution in [-0.2, 0) is 0 Å². The van der Waals surface area contributed by atoms with Crippen molar-refractivity contribution in [3.63, 3.8) is 0 Å². The second kappa shape index (κ2) is 5.43. The van der Waals surface area contributed by atoms with E-state index in [-0.39, 0.29) is 5.57 Å². The fraction of sp³-hybridized carbons (Fsp3) is 0.143. The maximum Gasteiger partial charge on any atom is 0.144 e. The van der Waals surface area contributed by atoms with E-state index in [0.717, 1.165) is 15.6 Å². The molecule has 0 amide bonds. The summed E-state index contributed by atoms with van der Waals surface area (Å²) in [5, 5.41) is 18.5. The Morgan fingerprint density at radius 1 is 1.21 bits per heavy atom. The third kappa shape index (κ3) is 2.85. The molecule has 19 heavy (non-hydrogen) atoms. The van der Waals surface area contributed by atoms with Crippen LogP contribution in [0.15, 0.2) is 34.3 Å². The van der Waals surface area contributed by atoms with Crippen molar-refractivity contribution in [1.29, 1.82) is 10.5 Å². The van der Waals surface area contributed by atoms with Crippen molar-refractivity contribution < 1.29 is 4.42 Å². The summed E-state index contributed by atoms with van der Waals surface area (Å²) in [6, 6.07) is 11.2. The zero-order chi connectivity index (χ0) is 13.8. The van der Waals surface area contributed by atoms with E-state index in [1.165, 1.54) is 6.08 Å². The largest absolute Gasteiger partial charge is 0.456 e. The molecule has 0 aliphatic heterocycles. The molecule has 0 N–H and O–H groups in total. The Morgan fingerprint density at radius 2 is 1.95 bits per heavy atom. The zero-order valence-corrected chi connectivity index (χ0v) is 11.4. The first-order valence-corrected chi connectivity index (χ1v) is 6.35. The molecule has 2 aromatic rings. The van der Waals surface area contributed by atoms with Gasteiger partial charge in [0.05, 0.1) is 9.88 Å². The van der Waals surface area contributed by atoms with Crippen LogP contribution in [0.3, 0.4) is 0 Å². The van der Waals surface area contributed by atoms with Gasteiger partial charge in [-0.3, -0.25) is 0 Å². The molecule has 0 radical (unpaired) electrons. The molecule has 0 atom stereocenters. The van der Waals surface area contributed by atoms with E-state index < -0.39 is 0 Å². The Bertz CT molecular complexity index is 679. The second-order valence-corrected chi connectivity index (χ2v) is 5.08. The smallest absolute Gasteiger partial charge is 0.144 e. The molecule has 0 aliphatic rings. The lowest BCUT2D eigenvalue weighted by atomic mass is 10.2. The lowest BCUT2D eigenvalue weighted by molar-refractivity contribution is 0.573. The average molecular weight is 269 g/mol. The fourth-order valence-electron chi connectivity index (χ4n) is 1.50. The minimum Gasteiger partial charge on any atom is -0.456 e. The molecule has 4 nitrogen and oxygen atoms in total. The van der Waals surface area contributed by atoms with Crippen molar-refractivity contribution in [3.05, 3.63) is 35.6 Å². The first kappa shape index (κ1) is 12.9. The molecule has 0 spiro atoms. The monoisotopic (exact) mass is 269 g/mol. The third-order valence-electron chi connectivity index (χ3n) is 2.43. The van der Waals surface area contributed by atoms with Gasteiger partial charge in [0, 0.05) is 20.2 Å². The summed E-state index contributed by atoms with van der Waals surface area (Å²) in [6.07, 6.45) is 1.43. The normalized spacial score (nSPS) is 9.47. The van der Waals surface area contributed by atoms with Crippen LogP contribution in [0, 0.1) is 22.7 Å². The van der Waals surface area contributed by atoms with Crippen molar-refractivity contribution in [2.45, 2.75) is 0 Å². The van der Waals surface area contributed by atoms with Crippen molar-refractivity contribution in [2.75, 3.05) is 19.0 Å². The van der Waals surface area contributed by atoms with Crippen LogP contribution in [0.1, 0.15) is 5.76 Å². The van der Waals surface area contributed by atoms with Crippen molar-refractivity contribution in [2.24, 2.45) is 0 Å². The summed E-state index contributed by atoms with van der Waals surface area (Å²) in [4.78, 5) is 3.04. The molecule has 2 rings (SSSR count). The molecular weight excluding hydrogens is 258 g/mol. The molecule has 0 aliphatic carbocycles. The van der Waals surface area contributed by atoms with Gasteiger partial charge in [-0.2, -0.15) is 10.5 Å². The zero-order valence-electron chi connectivity index (χ0n) is 10.5. The van der Waals surface area contributed by atoms with Gasteiger partial charge in [-0.1, -0.05) is 0 Å². The molecule has 2 heterocycles. The van der Waals surface area contributed by atoms with Crippen LogP contribution in [0.5, 0.6) is 0 Å². The summed E-state index contributed by atoms with van der Waals surface area (Å²) in [7, 11) is 3.97. The van der Waals surface area contributed by atoms with Gasteiger partial charge in [0.15, 0.2) is 0 Å². The van der Waals surface area contributed by atoms with Gasteiger partial charge in [-0.05, 0) is 24.3 Å². The van der Waals surface area contributed by atoms with Gasteiger partial charge in [-0.25, -0.2) is 0 Å². The highest BCUT2D eigenvalue weighted by molar-refractivity contribution is 7.19. The van der Waals surface area contributed by atoms with Gasteiger partial charge in [0.1, 0.15) is 29.2 Å². The molecule has 0 fully saturated rings. The summed E-state index contributed by atoms with van der Waals surface area (Å²) in [5.41, 5.74) is 0.0288. The lowest BCUT2D eigenvalue weighted by Crippen LogP contribution is -2.05. The molecular formula is C14H11N3OS.